The molecule has 0 amide bonds. The zero-order valence-electron chi connectivity index (χ0n) is 12.3. The lowest BCUT2D eigenvalue weighted by molar-refractivity contribution is 0.246. The second-order valence-corrected chi connectivity index (χ2v) is 5.31. The molecule has 21 heavy (non-hydrogen) atoms. The van der Waals surface area contributed by atoms with E-state index in [1.54, 1.807) is 7.11 Å². The molecular formula is C16H21N3O2. The van der Waals surface area contributed by atoms with Gasteiger partial charge in [0.25, 0.3) is 11.8 Å². The molecule has 2 aromatic rings. The van der Waals surface area contributed by atoms with E-state index in [0.29, 0.717) is 24.4 Å². The van der Waals surface area contributed by atoms with Gasteiger partial charge in [0.1, 0.15) is 0 Å². The Morgan fingerprint density at radius 2 is 1.90 bits per heavy atom. The van der Waals surface area contributed by atoms with Gasteiger partial charge < -0.3 is 14.8 Å². The minimum absolute atomic E-state index is 0.449. The highest BCUT2D eigenvalue weighted by Crippen LogP contribution is 2.25. The van der Waals surface area contributed by atoms with E-state index >= 15 is 0 Å². The van der Waals surface area contributed by atoms with E-state index in [4.69, 9.17) is 9.47 Å². The average Bonchev–Trinajstić information content (AvgIpc) is 2.55. The Hall–Kier alpha value is -1.88. The molecule has 1 unspecified atom stereocenters. The number of aromatic nitrogens is 2. The van der Waals surface area contributed by atoms with Crippen LogP contribution in [0, 0.1) is 0 Å². The summed E-state index contributed by atoms with van der Waals surface area (Å²) in [6.45, 7) is 1.74. The monoisotopic (exact) mass is 287 g/mol. The number of benzene rings is 1. The third-order valence-corrected chi connectivity index (χ3v) is 3.82. The number of methoxy groups -OCH3 is 1. The van der Waals surface area contributed by atoms with E-state index in [0.717, 1.165) is 24.0 Å². The summed E-state index contributed by atoms with van der Waals surface area (Å²) in [5, 5.41) is 3.52. The Balaban J connectivity index is 1.67. The summed E-state index contributed by atoms with van der Waals surface area (Å²) in [6.07, 6.45) is 4.79. The quantitative estimate of drug-likeness (QED) is 0.916. The van der Waals surface area contributed by atoms with Crippen LogP contribution in [0.1, 0.15) is 25.7 Å². The van der Waals surface area contributed by atoms with Crippen molar-refractivity contribution in [1.82, 2.24) is 15.3 Å². The number of nitrogens with one attached hydrogen (secondary N) is 1. The zero-order chi connectivity index (χ0) is 14.5. The van der Waals surface area contributed by atoms with Crippen LogP contribution < -0.4 is 14.8 Å². The summed E-state index contributed by atoms with van der Waals surface area (Å²) in [6, 6.07) is 8.28. The molecule has 1 saturated heterocycles. The number of piperidine rings is 1. The molecule has 1 fully saturated rings. The van der Waals surface area contributed by atoms with Gasteiger partial charge in [-0.3, -0.25) is 0 Å². The van der Waals surface area contributed by atoms with Crippen molar-refractivity contribution in [2.45, 2.75) is 31.7 Å². The second-order valence-electron chi connectivity index (χ2n) is 5.31. The van der Waals surface area contributed by atoms with E-state index < -0.39 is 0 Å². The molecule has 1 N–H and O–H groups in total. The molecule has 5 heteroatoms. The molecule has 0 radical (unpaired) electrons. The molecule has 1 aliphatic heterocycles. The lowest BCUT2D eigenvalue weighted by Crippen LogP contribution is -2.35. The van der Waals surface area contributed by atoms with Crippen molar-refractivity contribution in [2.75, 3.05) is 20.3 Å². The fourth-order valence-corrected chi connectivity index (χ4v) is 2.66. The van der Waals surface area contributed by atoms with Crippen molar-refractivity contribution in [2.24, 2.45) is 0 Å². The van der Waals surface area contributed by atoms with Gasteiger partial charge in [-0.2, -0.15) is 0 Å². The number of ether oxygens (including phenoxy) is 2. The predicted molar refractivity (Wildman–Crippen MR) is 81.8 cm³/mol. The minimum Gasteiger partial charge on any atom is -0.477 e. The molecule has 2 heterocycles. The van der Waals surface area contributed by atoms with E-state index in [9.17, 15) is 0 Å². The van der Waals surface area contributed by atoms with Gasteiger partial charge in [-0.15, -0.1) is 0 Å². The van der Waals surface area contributed by atoms with Gasteiger partial charge in [-0.1, -0.05) is 18.6 Å². The maximum absolute atomic E-state index is 5.80. The summed E-state index contributed by atoms with van der Waals surface area (Å²) < 4.78 is 11.1. The number of nitrogens with zero attached hydrogens (tertiary/aromatic N) is 2. The van der Waals surface area contributed by atoms with Crippen LogP contribution in [0.15, 0.2) is 24.3 Å². The van der Waals surface area contributed by atoms with Crippen molar-refractivity contribution in [3.05, 3.63) is 24.3 Å². The van der Waals surface area contributed by atoms with Crippen molar-refractivity contribution < 1.29 is 9.47 Å². The average molecular weight is 287 g/mol. The fraction of sp³-hybridized carbons (Fsp3) is 0.500. The number of rotatable bonds is 5. The first kappa shape index (κ1) is 14.1. The normalized spacial score (nSPS) is 18.6. The van der Waals surface area contributed by atoms with Gasteiger partial charge in [0.15, 0.2) is 0 Å². The summed E-state index contributed by atoms with van der Waals surface area (Å²) in [7, 11) is 1.59. The van der Waals surface area contributed by atoms with Crippen molar-refractivity contribution >= 4 is 11.0 Å². The van der Waals surface area contributed by atoms with Gasteiger partial charge in [-0.25, -0.2) is 9.97 Å². The van der Waals surface area contributed by atoms with Crippen LogP contribution in [-0.2, 0) is 0 Å². The number of hydrogen-bond acceptors (Lipinski definition) is 5. The van der Waals surface area contributed by atoms with Crippen LogP contribution in [0.3, 0.4) is 0 Å². The predicted octanol–water partition coefficient (Wildman–Crippen LogP) is 2.55. The third-order valence-electron chi connectivity index (χ3n) is 3.82. The minimum atomic E-state index is 0.449. The van der Waals surface area contributed by atoms with Crippen LogP contribution in [-0.4, -0.2) is 36.3 Å². The van der Waals surface area contributed by atoms with Gasteiger partial charge in [0, 0.05) is 6.04 Å². The van der Waals surface area contributed by atoms with Gasteiger partial charge in [-0.05, 0) is 37.9 Å². The Morgan fingerprint density at radius 3 is 2.57 bits per heavy atom. The van der Waals surface area contributed by atoms with Crippen LogP contribution in [0.2, 0.25) is 0 Å². The third kappa shape index (κ3) is 3.42. The summed E-state index contributed by atoms with van der Waals surface area (Å²) in [5.41, 5.74) is 1.64. The summed E-state index contributed by atoms with van der Waals surface area (Å²) in [4.78, 5) is 8.93. The first-order chi connectivity index (χ1) is 10.4. The summed E-state index contributed by atoms with van der Waals surface area (Å²) in [5.74, 6) is 0.928. The van der Waals surface area contributed by atoms with E-state index in [1.807, 2.05) is 24.3 Å². The molecule has 112 valence electrons. The van der Waals surface area contributed by atoms with Crippen LogP contribution in [0.25, 0.3) is 11.0 Å². The number of hydrogen-bond donors (Lipinski definition) is 1. The molecule has 0 bridgehead atoms. The van der Waals surface area contributed by atoms with Crippen LogP contribution in [0.4, 0.5) is 0 Å². The number of fused-ring (bicyclic) bond motifs is 1. The molecule has 1 aliphatic rings. The SMILES string of the molecule is COc1nc2ccccc2nc1OCCC1CCCCN1. The molecule has 1 aromatic carbocycles. The largest absolute Gasteiger partial charge is 0.477 e. The Bertz CT molecular complexity index is 597. The van der Waals surface area contributed by atoms with Crippen LogP contribution in [0.5, 0.6) is 11.8 Å². The Kier molecular flexibility index (Phi) is 4.50. The number of para-hydroxylation sites is 2. The van der Waals surface area contributed by atoms with E-state index in [2.05, 4.69) is 15.3 Å². The Morgan fingerprint density at radius 1 is 1.14 bits per heavy atom. The maximum atomic E-state index is 5.80. The van der Waals surface area contributed by atoms with E-state index in [1.165, 1.54) is 19.3 Å². The topological polar surface area (TPSA) is 56.3 Å². The van der Waals surface area contributed by atoms with Gasteiger partial charge >= 0.3 is 0 Å². The Labute approximate surface area is 124 Å². The van der Waals surface area contributed by atoms with Crippen molar-refractivity contribution in [3.8, 4) is 11.8 Å². The molecule has 0 saturated carbocycles. The molecule has 1 aromatic heterocycles. The van der Waals surface area contributed by atoms with E-state index in [-0.39, 0.29) is 0 Å². The van der Waals surface area contributed by atoms with Gasteiger partial charge in [0.2, 0.25) is 0 Å². The van der Waals surface area contributed by atoms with Gasteiger partial charge in [0.05, 0.1) is 24.8 Å². The summed E-state index contributed by atoms with van der Waals surface area (Å²) >= 11 is 0. The first-order valence-corrected chi connectivity index (χ1v) is 7.54. The second kappa shape index (κ2) is 6.72. The van der Waals surface area contributed by atoms with Crippen molar-refractivity contribution in [3.63, 3.8) is 0 Å². The van der Waals surface area contributed by atoms with Crippen LogP contribution >= 0.6 is 0 Å². The molecule has 3 rings (SSSR count). The highest BCUT2D eigenvalue weighted by Gasteiger charge is 2.14. The fourth-order valence-electron chi connectivity index (χ4n) is 2.66. The lowest BCUT2D eigenvalue weighted by Gasteiger charge is -2.23. The highest BCUT2D eigenvalue weighted by molar-refractivity contribution is 5.75. The molecular weight excluding hydrogens is 266 g/mol. The lowest BCUT2D eigenvalue weighted by atomic mass is 10.0. The molecule has 1 atom stereocenters. The highest BCUT2D eigenvalue weighted by atomic mass is 16.5. The van der Waals surface area contributed by atoms with Crippen molar-refractivity contribution in [1.29, 1.82) is 0 Å². The molecule has 0 aliphatic carbocycles. The standard InChI is InChI=1S/C16H21N3O2/c1-20-15-16(19-14-8-3-2-7-13(14)18-15)21-11-9-12-6-4-5-10-17-12/h2-3,7-8,12,17H,4-6,9-11H2,1H3. The zero-order valence-corrected chi connectivity index (χ0v) is 12.3. The smallest absolute Gasteiger partial charge is 0.278 e. The molecule has 5 nitrogen and oxygen atoms in total. The maximum Gasteiger partial charge on any atom is 0.278 e. The molecule has 0 spiro atoms. The first-order valence-electron chi connectivity index (χ1n) is 7.54.